The van der Waals surface area contributed by atoms with Gasteiger partial charge < -0.3 is 14.2 Å². The molecule has 0 unspecified atom stereocenters. The van der Waals surface area contributed by atoms with Crippen LogP contribution < -0.4 is 0 Å². The molecule has 0 aromatic heterocycles. The molecular weight excluding hydrogens is 384 g/mol. The molecule has 0 atom stereocenters. The van der Waals surface area contributed by atoms with Crippen molar-refractivity contribution in [3.05, 3.63) is 0 Å². The van der Waals surface area contributed by atoms with Crippen molar-refractivity contribution in [1.82, 2.24) is 0 Å². The normalized spacial score (nSPS) is 21.9. The van der Waals surface area contributed by atoms with E-state index in [0.717, 1.165) is 83.5 Å². The first kappa shape index (κ1) is 23.1. The van der Waals surface area contributed by atoms with E-state index >= 15 is 0 Å². The fraction of sp³-hybridized carbons (Fsp3) is 0.875. The minimum Gasteiger partial charge on any atom is -0.461 e. The monoisotopic (exact) mass is 422 g/mol. The minimum atomic E-state index is -0.723. The Hall–Kier alpha value is -1.59. The molecule has 6 heteroatoms. The standard InChI is InChI=1S/C24H38O6/c25-22(18-10-4-1-5-11-18)28-16-21(30-24(27)20-14-8-3-9-15-20)17-29-23(26)19-12-6-2-7-13-19/h18-21H,1-17H2. The molecule has 3 aliphatic carbocycles. The number of carbonyl (C=O) groups is 3. The first-order valence-corrected chi connectivity index (χ1v) is 12.2. The Bertz CT molecular complexity index is 522. The SMILES string of the molecule is O=C(OCC(COC(=O)C1CCCCC1)OC(=O)C1CCCCC1)C1CCCCC1. The highest BCUT2D eigenvalue weighted by Crippen LogP contribution is 2.27. The van der Waals surface area contributed by atoms with Crippen LogP contribution in [0.2, 0.25) is 0 Å². The largest absolute Gasteiger partial charge is 0.461 e. The zero-order chi connectivity index (χ0) is 21.2. The summed E-state index contributed by atoms with van der Waals surface area (Å²) in [6.45, 7) is -0.0719. The van der Waals surface area contributed by atoms with Crippen molar-refractivity contribution >= 4 is 17.9 Å². The van der Waals surface area contributed by atoms with E-state index in [1.165, 1.54) is 12.8 Å². The molecule has 3 fully saturated rings. The van der Waals surface area contributed by atoms with Gasteiger partial charge in [0.25, 0.3) is 0 Å². The number of carbonyl (C=O) groups excluding carboxylic acids is 3. The molecule has 0 aromatic carbocycles. The number of ether oxygens (including phenoxy) is 3. The van der Waals surface area contributed by atoms with Gasteiger partial charge in [0.05, 0.1) is 17.8 Å². The number of hydrogen-bond donors (Lipinski definition) is 0. The number of hydrogen-bond acceptors (Lipinski definition) is 6. The highest BCUT2D eigenvalue weighted by molar-refractivity contribution is 5.74. The van der Waals surface area contributed by atoms with Crippen LogP contribution in [0.1, 0.15) is 96.3 Å². The Labute approximate surface area is 180 Å². The van der Waals surface area contributed by atoms with E-state index in [2.05, 4.69) is 0 Å². The van der Waals surface area contributed by atoms with Crippen molar-refractivity contribution in [2.24, 2.45) is 17.8 Å². The Morgan fingerprint density at radius 3 is 1.23 bits per heavy atom. The maximum absolute atomic E-state index is 12.6. The maximum atomic E-state index is 12.6. The lowest BCUT2D eigenvalue weighted by molar-refractivity contribution is -0.173. The Kier molecular flexibility index (Phi) is 9.47. The molecule has 0 saturated heterocycles. The fourth-order valence-corrected chi connectivity index (χ4v) is 4.98. The second kappa shape index (κ2) is 12.3. The van der Waals surface area contributed by atoms with Gasteiger partial charge in [0.15, 0.2) is 6.10 Å². The van der Waals surface area contributed by atoms with Gasteiger partial charge in [-0.2, -0.15) is 0 Å². The predicted molar refractivity (Wildman–Crippen MR) is 112 cm³/mol. The second-order valence-electron chi connectivity index (χ2n) is 9.32. The summed E-state index contributed by atoms with van der Waals surface area (Å²) in [6.07, 6.45) is 14.2. The third-order valence-electron chi connectivity index (χ3n) is 6.92. The Morgan fingerprint density at radius 2 is 0.867 bits per heavy atom. The quantitative estimate of drug-likeness (QED) is 0.416. The summed E-state index contributed by atoms with van der Waals surface area (Å²) in [6, 6.07) is 0. The van der Waals surface area contributed by atoms with Gasteiger partial charge in [-0.1, -0.05) is 57.8 Å². The average Bonchev–Trinajstić information content (AvgIpc) is 2.82. The highest BCUT2D eigenvalue weighted by Gasteiger charge is 2.30. The van der Waals surface area contributed by atoms with Gasteiger partial charge in [-0.3, -0.25) is 14.4 Å². The van der Waals surface area contributed by atoms with Gasteiger partial charge >= 0.3 is 17.9 Å². The van der Waals surface area contributed by atoms with Crippen LogP contribution >= 0.6 is 0 Å². The predicted octanol–water partition coefficient (Wildman–Crippen LogP) is 4.73. The van der Waals surface area contributed by atoms with Gasteiger partial charge in [0, 0.05) is 0 Å². The molecular formula is C24H38O6. The number of rotatable bonds is 8. The molecule has 0 heterocycles. The topological polar surface area (TPSA) is 78.9 Å². The third-order valence-corrected chi connectivity index (χ3v) is 6.92. The molecule has 3 aliphatic rings. The fourth-order valence-electron chi connectivity index (χ4n) is 4.98. The van der Waals surface area contributed by atoms with E-state index in [1.807, 2.05) is 0 Å². The van der Waals surface area contributed by atoms with Crippen molar-refractivity contribution in [1.29, 1.82) is 0 Å². The van der Waals surface area contributed by atoms with Gasteiger partial charge in [-0.25, -0.2) is 0 Å². The molecule has 0 spiro atoms. The Balaban J connectivity index is 1.50. The summed E-state index contributed by atoms with van der Waals surface area (Å²) in [4.78, 5) is 37.4. The summed E-state index contributed by atoms with van der Waals surface area (Å²) < 4.78 is 16.7. The smallest absolute Gasteiger partial charge is 0.309 e. The molecule has 0 bridgehead atoms. The first-order chi connectivity index (χ1) is 14.6. The van der Waals surface area contributed by atoms with Crippen LogP contribution in [-0.4, -0.2) is 37.2 Å². The van der Waals surface area contributed by atoms with Crippen LogP contribution in [0, 0.1) is 17.8 Å². The van der Waals surface area contributed by atoms with Gasteiger partial charge in [0.2, 0.25) is 0 Å². The molecule has 0 radical (unpaired) electrons. The summed E-state index contributed by atoms with van der Waals surface area (Å²) in [7, 11) is 0. The molecule has 170 valence electrons. The van der Waals surface area contributed by atoms with E-state index in [9.17, 15) is 14.4 Å². The van der Waals surface area contributed by atoms with Gasteiger partial charge in [-0.05, 0) is 38.5 Å². The summed E-state index contributed by atoms with van der Waals surface area (Å²) in [5.74, 6) is -0.887. The molecule has 0 N–H and O–H groups in total. The first-order valence-electron chi connectivity index (χ1n) is 12.2. The van der Waals surface area contributed by atoms with Crippen molar-refractivity contribution in [2.75, 3.05) is 13.2 Å². The minimum absolute atomic E-state index is 0.0360. The molecule has 30 heavy (non-hydrogen) atoms. The van der Waals surface area contributed by atoms with Crippen molar-refractivity contribution in [3.63, 3.8) is 0 Å². The van der Waals surface area contributed by atoms with Crippen LogP contribution in [0.5, 0.6) is 0 Å². The van der Waals surface area contributed by atoms with E-state index in [0.29, 0.717) is 0 Å². The van der Waals surface area contributed by atoms with E-state index < -0.39 is 6.10 Å². The molecule has 3 rings (SSSR count). The lowest BCUT2D eigenvalue weighted by Gasteiger charge is -2.26. The zero-order valence-corrected chi connectivity index (χ0v) is 18.3. The summed E-state index contributed by atoms with van der Waals surface area (Å²) >= 11 is 0. The van der Waals surface area contributed by atoms with Crippen LogP contribution in [0.15, 0.2) is 0 Å². The van der Waals surface area contributed by atoms with Crippen molar-refractivity contribution in [3.8, 4) is 0 Å². The van der Waals surface area contributed by atoms with Crippen molar-refractivity contribution in [2.45, 2.75) is 102 Å². The molecule has 0 amide bonds. The van der Waals surface area contributed by atoms with E-state index in [4.69, 9.17) is 14.2 Å². The lowest BCUT2D eigenvalue weighted by atomic mass is 9.89. The molecule has 0 aliphatic heterocycles. The Morgan fingerprint density at radius 1 is 0.533 bits per heavy atom. The molecule has 6 nitrogen and oxygen atoms in total. The van der Waals surface area contributed by atoms with Crippen LogP contribution in [-0.2, 0) is 28.6 Å². The average molecular weight is 423 g/mol. The summed E-state index contributed by atoms with van der Waals surface area (Å²) in [5.41, 5.74) is 0. The van der Waals surface area contributed by atoms with Gasteiger partial charge in [-0.15, -0.1) is 0 Å². The molecule has 0 aromatic rings. The highest BCUT2D eigenvalue weighted by atomic mass is 16.6. The number of esters is 3. The van der Waals surface area contributed by atoms with Crippen LogP contribution in [0.25, 0.3) is 0 Å². The van der Waals surface area contributed by atoms with E-state index in [-0.39, 0.29) is 48.9 Å². The second-order valence-corrected chi connectivity index (χ2v) is 9.32. The summed E-state index contributed by atoms with van der Waals surface area (Å²) in [5, 5.41) is 0. The van der Waals surface area contributed by atoms with Crippen LogP contribution in [0.4, 0.5) is 0 Å². The lowest BCUT2D eigenvalue weighted by Crippen LogP contribution is -2.35. The molecule has 3 saturated carbocycles. The zero-order valence-electron chi connectivity index (χ0n) is 18.3. The van der Waals surface area contributed by atoms with Crippen LogP contribution in [0.3, 0.4) is 0 Å². The van der Waals surface area contributed by atoms with E-state index in [1.54, 1.807) is 0 Å². The van der Waals surface area contributed by atoms with Crippen molar-refractivity contribution < 1.29 is 28.6 Å². The third kappa shape index (κ3) is 7.28. The maximum Gasteiger partial charge on any atom is 0.309 e. The van der Waals surface area contributed by atoms with Gasteiger partial charge in [0.1, 0.15) is 13.2 Å².